The second kappa shape index (κ2) is 4.06. The fourth-order valence-electron chi connectivity index (χ4n) is 1.52. The highest BCUT2D eigenvalue weighted by Crippen LogP contribution is 2.22. The van der Waals surface area contributed by atoms with E-state index in [1.54, 1.807) is 0 Å². The Morgan fingerprint density at radius 2 is 1.80 bits per heavy atom. The predicted octanol–water partition coefficient (Wildman–Crippen LogP) is 3.24. The third kappa shape index (κ3) is 2.04. The number of fused-ring (bicyclic) bond motifs is 1. The summed E-state index contributed by atoms with van der Waals surface area (Å²) in [6, 6.07) is 11.8. The van der Waals surface area contributed by atoms with E-state index in [0.717, 1.165) is 15.4 Å². The molecule has 0 spiro atoms. The van der Waals surface area contributed by atoms with Crippen LogP contribution < -0.4 is 5.73 Å². The lowest BCUT2D eigenvalue weighted by Gasteiger charge is -2.06. The molecule has 0 radical (unpaired) electrons. The van der Waals surface area contributed by atoms with Crippen molar-refractivity contribution in [2.24, 2.45) is 5.73 Å². The minimum absolute atomic E-state index is 0.321. The van der Waals surface area contributed by atoms with Crippen LogP contribution in [0.15, 0.2) is 40.9 Å². The number of hydrogen-bond acceptors (Lipinski definition) is 1. The summed E-state index contributed by atoms with van der Waals surface area (Å²) in [6.07, 6.45) is 5.29. The summed E-state index contributed by atoms with van der Waals surface area (Å²) < 4.78 is 1.07. The summed E-state index contributed by atoms with van der Waals surface area (Å²) in [5.41, 5.74) is 6.75. The zero-order chi connectivity index (χ0) is 10.8. The van der Waals surface area contributed by atoms with E-state index in [0.29, 0.717) is 0 Å². The van der Waals surface area contributed by atoms with Crippen molar-refractivity contribution in [3.63, 3.8) is 0 Å². The van der Waals surface area contributed by atoms with Crippen molar-refractivity contribution < 1.29 is 0 Å². The van der Waals surface area contributed by atoms with Crippen LogP contribution in [0.2, 0.25) is 0 Å². The normalized spacial score (nSPS) is 12.3. The lowest BCUT2D eigenvalue weighted by molar-refractivity contribution is 0.949. The van der Waals surface area contributed by atoms with Gasteiger partial charge in [0.1, 0.15) is 0 Å². The molecule has 1 atom stereocenters. The molecular formula is C13H10BrN. The van der Waals surface area contributed by atoms with Gasteiger partial charge in [0.2, 0.25) is 0 Å². The number of benzene rings is 2. The Hall–Kier alpha value is -1.30. The summed E-state index contributed by atoms with van der Waals surface area (Å²) in [5.74, 6) is 2.53. The van der Waals surface area contributed by atoms with Crippen molar-refractivity contribution >= 4 is 26.7 Å². The smallest absolute Gasteiger partial charge is 0.0918 e. The predicted molar refractivity (Wildman–Crippen MR) is 67.4 cm³/mol. The first kappa shape index (κ1) is 10.2. The van der Waals surface area contributed by atoms with E-state index < -0.39 is 0 Å². The Balaban J connectivity index is 2.58. The average molecular weight is 260 g/mol. The van der Waals surface area contributed by atoms with Crippen molar-refractivity contribution in [3.05, 3.63) is 46.4 Å². The average Bonchev–Trinajstić information content (AvgIpc) is 2.27. The minimum Gasteiger partial charge on any atom is -0.314 e. The molecule has 2 heteroatoms. The number of nitrogens with two attached hydrogens (primary N) is 1. The first-order chi connectivity index (χ1) is 7.20. The highest BCUT2D eigenvalue weighted by molar-refractivity contribution is 9.10. The fourth-order valence-corrected chi connectivity index (χ4v) is 1.90. The summed E-state index contributed by atoms with van der Waals surface area (Å²) >= 11 is 3.44. The van der Waals surface area contributed by atoms with Crippen LogP contribution in [0.1, 0.15) is 11.6 Å². The van der Waals surface area contributed by atoms with E-state index in [9.17, 15) is 0 Å². The fraction of sp³-hybridized carbons (Fsp3) is 0.0769. The topological polar surface area (TPSA) is 26.0 Å². The van der Waals surface area contributed by atoms with Gasteiger partial charge in [0.05, 0.1) is 6.04 Å². The Labute approximate surface area is 97.4 Å². The molecule has 0 aliphatic carbocycles. The van der Waals surface area contributed by atoms with Crippen LogP contribution in [0.3, 0.4) is 0 Å². The number of hydrogen-bond donors (Lipinski definition) is 1. The molecule has 0 fully saturated rings. The molecule has 0 amide bonds. The summed E-state index contributed by atoms with van der Waals surface area (Å²) in [5, 5.41) is 2.33. The van der Waals surface area contributed by atoms with Gasteiger partial charge in [0.15, 0.2) is 0 Å². The molecule has 0 saturated carbocycles. The molecule has 2 aromatic rings. The molecule has 15 heavy (non-hydrogen) atoms. The van der Waals surface area contributed by atoms with E-state index in [2.05, 4.69) is 27.9 Å². The molecule has 2 aromatic carbocycles. The van der Waals surface area contributed by atoms with E-state index >= 15 is 0 Å². The first-order valence-corrected chi connectivity index (χ1v) is 5.41. The largest absolute Gasteiger partial charge is 0.314 e. The molecule has 0 bridgehead atoms. The maximum absolute atomic E-state index is 5.77. The second-order valence-electron chi connectivity index (χ2n) is 3.40. The number of halogens is 1. The van der Waals surface area contributed by atoms with Gasteiger partial charge < -0.3 is 5.73 Å². The quantitative estimate of drug-likeness (QED) is 0.782. The lowest BCUT2D eigenvalue weighted by atomic mass is 10.0. The van der Waals surface area contributed by atoms with Crippen molar-refractivity contribution in [3.8, 4) is 12.3 Å². The molecule has 2 rings (SSSR count). The monoisotopic (exact) mass is 259 g/mol. The van der Waals surface area contributed by atoms with Gasteiger partial charge in [-0.25, -0.2) is 0 Å². The Bertz CT molecular complexity index is 540. The third-order valence-electron chi connectivity index (χ3n) is 2.37. The van der Waals surface area contributed by atoms with Crippen LogP contribution in [0.5, 0.6) is 0 Å². The molecule has 1 unspecified atom stereocenters. The van der Waals surface area contributed by atoms with Crippen molar-refractivity contribution in [2.45, 2.75) is 6.04 Å². The molecule has 0 aliphatic rings. The van der Waals surface area contributed by atoms with Gasteiger partial charge in [-0.15, -0.1) is 6.42 Å². The maximum Gasteiger partial charge on any atom is 0.0918 e. The van der Waals surface area contributed by atoms with Gasteiger partial charge in [-0.2, -0.15) is 0 Å². The van der Waals surface area contributed by atoms with Gasteiger partial charge >= 0.3 is 0 Å². The SMILES string of the molecule is C#CC(N)c1ccc2cc(Br)ccc2c1. The molecule has 0 aromatic heterocycles. The minimum atomic E-state index is -0.321. The van der Waals surface area contributed by atoms with Crippen LogP contribution in [0.4, 0.5) is 0 Å². The van der Waals surface area contributed by atoms with Gasteiger partial charge in [0.25, 0.3) is 0 Å². The van der Waals surface area contributed by atoms with Crippen LogP contribution in [-0.4, -0.2) is 0 Å². The molecule has 74 valence electrons. The van der Waals surface area contributed by atoms with E-state index in [1.165, 1.54) is 5.39 Å². The molecule has 2 N–H and O–H groups in total. The van der Waals surface area contributed by atoms with Crippen LogP contribution in [0.25, 0.3) is 10.8 Å². The Morgan fingerprint density at radius 1 is 1.13 bits per heavy atom. The van der Waals surface area contributed by atoms with Crippen LogP contribution in [-0.2, 0) is 0 Å². The molecule has 0 saturated heterocycles. The Morgan fingerprint density at radius 3 is 2.53 bits per heavy atom. The number of terminal acetylenes is 1. The maximum atomic E-state index is 5.77. The molecule has 0 heterocycles. The third-order valence-corrected chi connectivity index (χ3v) is 2.86. The van der Waals surface area contributed by atoms with Crippen molar-refractivity contribution in [2.75, 3.05) is 0 Å². The van der Waals surface area contributed by atoms with Gasteiger partial charge in [0, 0.05) is 4.47 Å². The summed E-state index contributed by atoms with van der Waals surface area (Å²) in [6.45, 7) is 0. The van der Waals surface area contributed by atoms with E-state index in [-0.39, 0.29) is 6.04 Å². The highest BCUT2D eigenvalue weighted by Gasteiger charge is 2.02. The zero-order valence-corrected chi connectivity index (χ0v) is 9.66. The van der Waals surface area contributed by atoms with Gasteiger partial charge in [-0.05, 0) is 34.5 Å². The summed E-state index contributed by atoms with van der Waals surface area (Å²) in [7, 11) is 0. The van der Waals surface area contributed by atoms with Crippen molar-refractivity contribution in [1.29, 1.82) is 0 Å². The summed E-state index contributed by atoms with van der Waals surface area (Å²) in [4.78, 5) is 0. The second-order valence-corrected chi connectivity index (χ2v) is 4.31. The lowest BCUT2D eigenvalue weighted by Crippen LogP contribution is -2.06. The van der Waals surface area contributed by atoms with E-state index in [4.69, 9.17) is 12.2 Å². The Kier molecular flexibility index (Phi) is 2.77. The van der Waals surface area contributed by atoms with Gasteiger partial charge in [-0.3, -0.25) is 0 Å². The van der Waals surface area contributed by atoms with Crippen molar-refractivity contribution in [1.82, 2.24) is 0 Å². The molecule has 1 nitrogen and oxygen atoms in total. The van der Waals surface area contributed by atoms with E-state index in [1.807, 2.05) is 30.3 Å². The molecular weight excluding hydrogens is 250 g/mol. The van der Waals surface area contributed by atoms with Gasteiger partial charge in [-0.1, -0.05) is 40.0 Å². The zero-order valence-electron chi connectivity index (χ0n) is 8.07. The highest BCUT2D eigenvalue weighted by atomic mass is 79.9. The standard InChI is InChI=1S/C13H10BrN/c1-2-13(15)11-4-3-10-8-12(14)6-5-9(10)7-11/h1,3-8,13H,15H2. The van der Waals surface area contributed by atoms with Crippen LogP contribution in [0, 0.1) is 12.3 Å². The number of rotatable bonds is 1. The van der Waals surface area contributed by atoms with Crippen LogP contribution >= 0.6 is 15.9 Å². The molecule has 0 aliphatic heterocycles. The first-order valence-electron chi connectivity index (χ1n) is 4.61.